The molecule has 0 saturated heterocycles. The number of carbonyl (C=O) groups is 2. The van der Waals surface area contributed by atoms with Crippen molar-refractivity contribution >= 4 is 50.7 Å². The van der Waals surface area contributed by atoms with Crippen LogP contribution in [0.4, 0.5) is 5.69 Å². The first kappa shape index (κ1) is 22.0. The molecule has 0 saturated carbocycles. The summed E-state index contributed by atoms with van der Waals surface area (Å²) in [6.45, 7) is 3.51. The molecule has 0 aliphatic carbocycles. The lowest BCUT2D eigenvalue weighted by molar-refractivity contribution is -0.113. The fraction of sp³-hybridized carbons (Fsp3) is 0.167. The number of rotatable bonds is 6. The highest BCUT2D eigenvalue weighted by Gasteiger charge is 2.16. The largest absolute Gasteiger partial charge is 0.325 e. The van der Waals surface area contributed by atoms with E-state index in [0.717, 1.165) is 16.7 Å². The number of aryl methyl sites for hydroxylation is 1. The van der Waals surface area contributed by atoms with Gasteiger partial charge < -0.3 is 5.32 Å². The third kappa shape index (κ3) is 4.51. The quantitative estimate of drug-likeness (QED) is 0.250. The molecule has 0 aliphatic rings. The molecule has 0 bridgehead atoms. The van der Waals surface area contributed by atoms with E-state index >= 15 is 0 Å². The molecule has 2 aromatic heterocycles. The van der Waals surface area contributed by atoms with Gasteiger partial charge in [0.2, 0.25) is 5.91 Å². The predicted octanol–water partition coefficient (Wildman–Crippen LogP) is 4.90. The zero-order valence-electron chi connectivity index (χ0n) is 17.8. The van der Waals surface area contributed by atoms with Crippen molar-refractivity contribution in [1.82, 2.24) is 9.55 Å². The summed E-state index contributed by atoms with van der Waals surface area (Å²) in [5.74, 6) is -0.225. The van der Waals surface area contributed by atoms with Crippen molar-refractivity contribution in [3.05, 3.63) is 75.4 Å². The molecule has 0 unspecified atom stereocenters. The number of aromatic nitrogens is 2. The Kier molecular flexibility index (Phi) is 6.25. The Balaban J connectivity index is 1.57. The molecule has 1 amide bonds. The zero-order valence-corrected chi connectivity index (χ0v) is 19.5. The Hall–Kier alpha value is -3.23. The van der Waals surface area contributed by atoms with E-state index in [-0.39, 0.29) is 23.0 Å². The number of thiophene rings is 1. The number of anilines is 1. The third-order valence-corrected chi connectivity index (χ3v) is 6.99. The second kappa shape index (κ2) is 9.10. The van der Waals surface area contributed by atoms with Crippen LogP contribution in [0.5, 0.6) is 0 Å². The van der Waals surface area contributed by atoms with Gasteiger partial charge in [0.1, 0.15) is 4.70 Å². The molecule has 8 heteroatoms. The number of hydrogen-bond donors (Lipinski definition) is 1. The summed E-state index contributed by atoms with van der Waals surface area (Å²) in [6.07, 6.45) is 0. The van der Waals surface area contributed by atoms with E-state index in [1.165, 1.54) is 34.6 Å². The smallest absolute Gasteiger partial charge is 0.271 e. The standard InChI is InChI=1S/C24H21N3O3S2/c1-14-7-9-16(10-8-14)19-12-31-22-21(19)26-24(27(3)23(22)30)32-13-20(29)25-18-6-4-5-17(11-18)15(2)28/h4-12H,13H2,1-3H3,(H,25,29). The van der Waals surface area contributed by atoms with E-state index in [1.54, 1.807) is 31.3 Å². The Morgan fingerprint density at radius 2 is 1.91 bits per heavy atom. The van der Waals surface area contributed by atoms with Gasteiger partial charge in [0.25, 0.3) is 5.56 Å². The SMILES string of the molecule is CC(=O)c1cccc(NC(=O)CSc2nc3c(-c4ccc(C)cc4)csc3c(=O)n2C)c1. The van der Waals surface area contributed by atoms with E-state index in [1.807, 2.05) is 36.6 Å². The molecule has 2 aromatic carbocycles. The number of Topliss-reactive ketones (excluding diaryl/α,β-unsaturated/α-hetero) is 1. The lowest BCUT2D eigenvalue weighted by Crippen LogP contribution is -2.20. The summed E-state index contributed by atoms with van der Waals surface area (Å²) in [4.78, 5) is 41.6. The van der Waals surface area contributed by atoms with Gasteiger partial charge in [-0.2, -0.15) is 0 Å². The molecule has 1 N–H and O–H groups in total. The summed E-state index contributed by atoms with van der Waals surface area (Å²) in [5.41, 5.74) is 4.69. The molecule has 4 aromatic rings. The number of ketones is 1. The fourth-order valence-electron chi connectivity index (χ4n) is 3.23. The molecule has 6 nitrogen and oxygen atoms in total. The van der Waals surface area contributed by atoms with Crippen LogP contribution in [-0.4, -0.2) is 27.0 Å². The highest BCUT2D eigenvalue weighted by Crippen LogP contribution is 2.32. The summed E-state index contributed by atoms with van der Waals surface area (Å²) in [6, 6.07) is 14.9. The number of hydrogen-bond acceptors (Lipinski definition) is 6. The monoisotopic (exact) mass is 463 g/mol. The summed E-state index contributed by atoms with van der Waals surface area (Å²) in [5, 5.41) is 5.22. The molecular formula is C24H21N3O3S2. The van der Waals surface area contributed by atoms with Gasteiger partial charge in [-0.25, -0.2) is 4.98 Å². The number of fused-ring (bicyclic) bond motifs is 1. The Morgan fingerprint density at radius 3 is 2.62 bits per heavy atom. The molecule has 4 rings (SSSR count). The number of nitrogens with one attached hydrogen (secondary N) is 1. The van der Waals surface area contributed by atoms with Gasteiger partial charge in [-0.15, -0.1) is 11.3 Å². The van der Waals surface area contributed by atoms with Crippen LogP contribution in [0.25, 0.3) is 21.3 Å². The Morgan fingerprint density at radius 1 is 1.16 bits per heavy atom. The van der Waals surface area contributed by atoms with Crippen molar-refractivity contribution in [3.63, 3.8) is 0 Å². The average molecular weight is 464 g/mol. The van der Waals surface area contributed by atoms with Crippen molar-refractivity contribution in [3.8, 4) is 11.1 Å². The zero-order chi connectivity index (χ0) is 22.8. The van der Waals surface area contributed by atoms with Gasteiger partial charge in [0.15, 0.2) is 10.9 Å². The Bertz CT molecular complexity index is 1390. The number of thioether (sulfide) groups is 1. The predicted molar refractivity (Wildman–Crippen MR) is 131 cm³/mol. The molecular weight excluding hydrogens is 442 g/mol. The first-order valence-electron chi connectivity index (χ1n) is 9.92. The molecule has 0 radical (unpaired) electrons. The lowest BCUT2D eigenvalue weighted by Gasteiger charge is -2.09. The van der Waals surface area contributed by atoms with Crippen LogP contribution >= 0.6 is 23.1 Å². The highest BCUT2D eigenvalue weighted by molar-refractivity contribution is 7.99. The van der Waals surface area contributed by atoms with Crippen LogP contribution in [0, 0.1) is 6.92 Å². The van der Waals surface area contributed by atoms with Crippen LogP contribution in [0.1, 0.15) is 22.8 Å². The summed E-state index contributed by atoms with van der Waals surface area (Å²) in [7, 11) is 1.66. The van der Waals surface area contributed by atoms with Crippen LogP contribution in [0.2, 0.25) is 0 Å². The Labute approximate surface area is 193 Å². The van der Waals surface area contributed by atoms with Gasteiger partial charge in [0.05, 0.1) is 11.3 Å². The number of amides is 1. The van der Waals surface area contributed by atoms with Crippen LogP contribution in [-0.2, 0) is 11.8 Å². The molecule has 0 fully saturated rings. The van der Waals surface area contributed by atoms with Crippen LogP contribution in [0.3, 0.4) is 0 Å². The van der Waals surface area contributed by atoms with E-state index in [4.69, 9.17) is 4.98 Å². The molecule has 32 heavy (non-hydrogen) atoms. The number of carbonyl (C=O) groups excluding carboxylic acids is 2. The number of benzene rings is 2. The average Bonchev–Trinajstić information content (AvgIpc) is 3.20. The molecule has 2 heterocycles. The molecule has 0 atom stereocenters. The maximum absolute atomic E-state index is 12.9. The minimum atomic E-state index is -0.242. The van der Waals surface area contributed by atoms with Gasteiger partial charge in [-0.1, -0.05) is 53.7 Å². The van der Waals surface area contributed by atoms with Crippen molar-refractivity contribution in [1.29, 1.82) is 0 Å². The van der Waals surface area contributed by atoms with E-state index in [9.17, 15) is 14.4 Å². The second-order valence-electron chi connectivity index (χ2n) is 7.43. The van der Waals surface area contributed by atoms with Gasteiger partial charge >= 0.3 is 0 Å². The number of nitrogens with zero attached hydrogens (tertiary/aromatic N) is 2. The van der Waals surface area contributed by atoms with Crippen LogP contribution < -0.4 is 10.9 Å². The normalized spacial score (nSPS) is 11.0. The van der Waals surface area contributed by atoms with Crippen molar-refractivity contribution in [2.75, 3.05) is 11.1 Å². The molecule has 0 spiro atoms. The lowest BCUT2D eigenvalue weighted by atomic mass is 10.1. The van der Waals surface area contributed by atoms with Crippen LogP contribution in [0.15, 0.2) is 63.9 Å². The maximum atomic E-state index is 12.9. The van der Waals surface area contributed by atoms with Crippen molar-refractivity contribution < 1.29 is 9.59 Å². The molecule has 0 aliphatic heterocycles. The second-order valence-corrected chi connectivity index (χ2v) is 9.25. The van der Waals surface area contributed by atoms with E-state index in [2.05, 4.69) is 5.32 Å². The van der Waals surface area contributed by atoms with E-state index in [0.29, 0.717) is 26.6 Å². The van der Waals surface area contributed by atoms with E-state index < -0.39 is 0 Å². The highest BCUT2D eigenvalue weighted by atomic mass is 32.2. The van der Waals surface area contributed by atoms with Gasteiger partial charge in [0, 0.05) is 29.2 Å². The summed E-state index contributed by atoms with van der Waals surface area (Å²) >= 11 is 2.58. The minimum Gasteiger partial charge on any atom is -0.325 e. The fourth-order valence-corrected chi connectivity index (χ4v) is 4.99. The van der Waals surface area contributed by atoms with Gasteiger partial charge in [-0.05, 0) is 31.5 Å². The van der Waals surface area contributed by atoms with Crippen molar-refractivity contribution in [2.45, 2.75) is 19.0 Å². The molecule has 162 valence electrons. The van der Waals surface area contributed by atoms with Gasteiger partial charge in [-0.3, -0.25) is 19.0 Å². The third-order valence-electron chi connectivity index (χ3n) is 5.01. The topological polar surface area (TPSA) is 81.1 Å². The summed E-state index contributed by atoms with van der Waals surface area (Å²) < 4.78 is 2.07. The van der Waals surface area contributed by atoms with Crippen molar-refractivity contribution in [2.24, 2.45) is 7.05 Å². The first-order valence-corrected chi connectivity index (χ1v) is 11.8. The minimum absolute atomic E-state index is 0.0666. The maximum Gasteiger partial charge on any atom is 0.271 e. The first-order chi connectivity index (χ1) is 15.3.